The number of nitriles is 1. The number of hydrogen-bond donors (Lipinski definition) is 1. The summed E-state index contributed by atoms with van der Waals surface area (Å²) in [5, 5.41) is 9.91. The first-order valence-corrected chi connectivity index (χ1v) is 13.5. The van der Waals surface area contributed by atoms with Crippen LogP contribution in [0.4, 0.5) is 11.8 Å². The number of nitrogens with two attached hydrogens (primary N) is 1. The molecule has 0 radical (unpaired) electrons. The van der Waals surface area contributed by atoms with Crippen molar-refractivity contribution in [3.63, 3.8) is 0 Å². The second-order valence-electron chi connectivity index (χ2n) is 10.4. The molecule has 6 rings (SSSR count). The van der Waals surface area contributed by atoms with E-state index < -0.39 is 0 Å². The summed E-state index contributed by atoms with van der Waals surface area (Å²) in [5.41, 5.74) is 11.2. The highest BCUT2D eigenvalue weighted by atomic mass is 16.5. The van der Waals surface area contributed by atoms with Crippen LogP contribution in [0, 0.1) is 11.3 Å². The molecule has 1 aromatic heterocycles. The number of fused-ring (bicyclic) bond motifs is 2. The molecule has 0 bridgehead atoms. The second-order valence-corrected chi connectivity index (χ2v) is 10.4. The standard InChI is InChI=1S/C31H31N7O2/c1-36-13-15-37(16-14-36)29-26-10-9-23(17-27(26)34-31(33)35-29)30(39)38-12-11-25-24(19-38)3-2-4-28(25)40-20-22-7-5-21(18-32)6-8-22/h2-10,17H,11-16,19-20H2,1H3,(H2,33,34,35). The van der Waals surface area contributed by atoms with Crippen molar-refractivity contribution in [2.24, 2.45) is 0 Å². The number of nitrogens with zero attached hydrogens (tertiary/aromatic N) is 6. The van der Waals surface area contributed by atoms with Gasteiger partial charge in [0.15, 0.2) is 0 Å². The summed E-state index contributed by atoms with van der Waals surface area (Å²) in [4.78, 5) is 29.0. The number of likely N-dealkylation sites (N-methyl/N-ethyl adjacent to an activating group) is 1. The molecule has 1 saturated heterocycles. The molecule has 0 atom stereocenters. The van der Waals surface area contributed by atoms with Gasteiger partial charge in [0.05, 0.1) is 17.1 Å². The number of carbonyl (C=O) groups is 1. The van der Waals surface area contributed by atoms with E-state index in [0.29, 0.717) is 42.8 Å². The average molecular weight is 534 g/mol. The lowest BCUT2D eigenvalue weighted by Crippen LogP contribution is -2.45. The van der Waals surface area contributed by atoms with Crippen LogP contribution in [0.1, 0.15) is 32.6 Å². The maximum absolute atomic E-state index is 13.6. The first-order chi connectivity index (χ1) is 19.5. The molecule has 3 heterocycles. The van der Waals surface area contributed by atoms with Gasteiger partial charge in [-0.25, -0.2) is 4.98 Å². The monoisotopic (exact) mass is 533 g/mol. The van der Waals surface area contributed by atoms with Crippen molar-refractivity contribution in [3.8, 4) is 11.8 Å². The molecular formula is C31H31N7O2. The molecule has 0 aliphatic carbocycles. The Balaban J connectivity index is 1.18. The predicted octanol–water partition coefficient (Wildman–Crippen LogP) is 3.61. The van der Waals surface area contributed by atoms with Gasteiger partial charge < -0.3 is 25.2 Å². The van der Waals surface area contributed by atoms with Crippen LogP contribution in [-0.2, 0) is 19.6 Å². The molecule has 40 heavy (non-hydrogen) atoms. The van der Waals surface area contributed by atoms with Gasteiger partial charge in [-0.2, -0.15) is 10.2 Å². The summed E-state index contributed by atoms with van der Waals surface area (Å²) in [6.07, 6.45) is 0.709. The van der Waals surface area contributed by atoms with Crippen LogP contribution in [0.2, 0.25) is 0 Å². The summed E-state index contributed by atoms with van der Waals surface area (Å²) in [6, 6.07) is 21.2. The van der Waals surface area contributed by atoms with Crippen molar-refractivity contribution >= 4 is 28.6 Å². The van der Waals surface area contributed by atoms with Crippen LogP contribution in [-0.4, -0.2) is 65.4 Å². The number of piperazine rings is 1. The average Bonchev–Trinajstić information content (AvgIpc) is 2.99. The van der Waals surface area contributed by atoms with E-state index >= 15 is 0 Å². The predicted molar refractivity (Wildman–Crippen MR) is 154 cm³/mol. The normalized spacial score (nSPS) is 15.5. The molecule has 2 aliphatic rings. The zero-order chi connectivity index (χ0) is 27.6. The Bertz CT molecular complexity index is 1610. The highest BCUT2D eigenvalue weighted by molar-refractivity contribution is 6.00. The molecule has 202 valence electrons. The van der Waals surface area contributed by atoms with E-state index in [9.17, 15) is 4.79 Å². The summed E-state index contributed by atoms with van der Waals surface area (Å²) in [6.45, 7) is 5.19. The van der Waals surface area contributed by atoms with Crippen LogP contribution in [0.5, 0.6) is 5.75 Å². The lowest BCUT2D eigenvalue weighted by atomic mass is 9.98. The maximum Gasteiger partial charge on any atom is 0.254 e. The topological polar surface area (TPSA) is 112 Å². The van der Waals surface area contributed by atoms with Gasteiger partial charge in [0, 0.05) is 55.8 Å². The molecule has 2 N–H and O–H groups in total. The zero-order valence-corrected chi connectivity index (χ0v) is 22.5. The Hall–Kier alpha value is -4.68. The number of carbonyl (C=O) groups excluding carboxylic acids is 1. The number of ether oxygens (including phenoxy) is 1. The van der Waals surface area contributed by atoms with Gasteiger partial charge in [-0.15, -0.1) is 0 Å². The minimum Gasteiger partial charge on any atom is -0.489 e. The van der Waals surface area contributed by atoms with Crippen molar-refractivity contribution in [2.45, 2.75) is 19.6 Å². The number of amides is 1. The van der Waals surface area contributed by atoms with Crippen LogP contribution < -0.4 is 15.4 Å². The minimum atomic E-state index is -0.0326. The van der Waals surface area contributed by atoms with E-state index in [1.165, 1.54) is 0 Å². The Labute approximate surface area is 233 Å². The van der Waals surface area contributed by atoms with Crippen LogP contribution >= 0.6 is 0 Å². The van der Waals surface area contributed by atoms with Gasteiger partial charge >= 0.3 is 0 Å². The van der Waals surface area contributed by atoms with Crippen LogP contribution in [0.15, 0.2) is 60.7 Å². The lowest BCUT2D eigenvalue weighted by Gasteiger charge is -2.33. The molecule has 0 saturated carbocycles. The minimum absolute atomic E-state index is 0.0326. The summed E-state index contributed by atoms with van der Waals surface area (Å²) in [7, 11) is 2.12. The highest BCUT2D eigenvalue weighted by Gasteiger charge is 2.25. The lowest BCUT2D eigenvalue weighted by molar-refractivity contribution is 0.0733. The maximum atomic E-state index is 13.6. The SMILES string of the molecule is CN1CCN(c2nc(N)nc3cc(C(=O)N4CCc5c(cccc5OCc5ccc(C#N)cc5)C4)ccc23)CC1. The molecule has 1 amide bonds. The fourth-order valence-electron chi connectivity index (χ4n) is 5.42. The van der Waals surface area contributed by atoms with Gasteiger partial charge in [0.25, 0.3) is 5.91 Å². The third kappa shape index (κ3) is 5.14. The van der Waals surface area contributed by atoms with E-state index in [1.807, 2.05) is 47.4 Å². The van der Waals surface area contributed by atoms with Gasteiger partial charge in [-0.3, -0.25) is 4.79 Å². The Kier molecular flexibility index (Phi) is 6.93. The van der Waals surface area contributed by atoms with Crippen LogP contribution in [0.25, 0.3) is 10.9 Å². The number of aromatic nitrogens is 2. The molecule has 9 heteroatoms. The van der Waals surface area contributed by atoms with E-state index in [4.69, 9.17) is 15.7 Å². The fraction of sp³-hybridized carbons (Fsp3) is 0.290. The van der Waals surface area contributed by atoms with Gasteiger partial charge in [-0.05, 0) is 61.0 Å². The van der Waals surface area contributed by atoms with Crippen molar-refractivity contribution in [3.05, 3.63) is 88.5 Å². The molecule has 3 aromatic carbocycles. The Morgan fingerprint density at radius 2 is 1.82 bits per heavy atom. The number of hydrogen-bond acceptors (Lipinski definition) is 8. The Morgan fingerprint density at radius 3 is 2.60 bits per heavy atom. The quantitative estimate of drug-likeness (QED) is 0.414. The van der Waals surface area contributed by atoms with E-state index in [1.54, 1.807) is 12.1 Å². The highest BCUT2D eigenvalue weighted by Crippen LogP contribution is 2.31. The van der Waals surface area contributed by atoms with Crippen LogP contribution in [0.3, 0.4) is 0 Å². The molecule has 0 unspecified atom stereocenters. The summed E-state index contributed by atoms with van der Waals surface area (Å²) >= 11 is 0. The number of nitrogen functional groups attached to an aromatic ring is 1. The van der Waals surface area contributed by atoms with E-state index in [2.05, 4.69) is 39.0 Å². The van der Waals surface area contributed by atoms with Crippen molar-refractivity contribution in [2.75, 3.05) is 50.4 Å². The smallest absolute Gasteiger partial charge is 0.254 e. The van der Waals surface area contributed by atoms with Gasteiger partial charge in [-0.1, -0.05) is 24.3 Å². The zero-order valence-electron chi connectivity index (χ0n) is 22.5. The Morgan fingerprint density at radius 1 is 1.02 bits per heavy atom. The van der Waals surface area contributed by atoms with Gasteiger partial charge in [0.1, 0.15) is 18.2 Å². The largest absolute Gasteiger partial charge is 0.489 e. The summed E-state index contributed by atoms with van der Waals surface area (Å²) in [5.74, 6) is 1.85. The van der Waals surface area contributed by atoms with E-state index in [0.717, 1.165) is 59.8 Å². The van der Waals surface area contributed by atoms with Crippen molar-refractivity contribution in [1.29, 1.82) is 5.26 Å². The number of anilines is 2. The molecule has 9 nitrogen and oxygen atoms in total. The third-order valence-corrected chi connectivity index (χ3v) is 7.73. The molecule has 0 spiro atoms. The number of rotatable bonds is 5. The fourth-order valence-corrected chi connectivity index (χ4v) is 5.42. The van der Waals surface area contributed by atoms with Crippen molar-refractivity contribution < 1.29 is 9.53 Å². The first kappa shape index (κ1) is 25.6. The summed E-state index contributed by atoms with van der Waals surface area (Å²) < 4.78 is 6.15. The van der Waals surface area contributed by atoms with Crippen molar-refractivity contribution in [1.82, 2.24) is 19.8 Å². The molecule has 4 aromatic rings. The van der Waals surface area contributed by atoms with E-state index in [-0.39, 0.29) is 11.9 Å². The molecule has 1 fully saturated rings. The second kappa shape index (κ2) is 10.8. The third-order valence-electron chi connectivity index (χ3n) is 7.73. The first-order valence-electron chi connectivity index (χ1n) is 13.5. The molecular weight excluding hydrogens is 502 g/mol. The number of benzene rings is 3. The van der Waals surface area contributed by atoms with Gasteiger partial charge in [0.2, 0.25) is 5.95 Å². The molecule has 2 aliphatic heterocycles.